The average molecular weight is 282 g/mol. The summed E-state index contributed by atoms with van der Waals surface area (Å²) in [5.74, 6) is 0.426. The smallest absolute Gasteiger partial charge is 0.361 e. The van der Waals surface area contributed by atoms with Gasteiger partial charge in [-0.05, 0) is 13.8 Å². The number of aryl methyl sites for hydroxylation is 1. The first-order chi connectivity index (χ1) is 8.28. The van der Waals surface area contributed by atoms with Crippen LogP contribution in [0.25, 0.3) is 0 Å². The molecular weight excluding hydrogens is 269 g/mol. The first-order valence-electron chi connectivity index (χ1n) is 5.16. The molecule has 0 spiro atoms. The van der Waals surface area contributed by atoms with E-state index in [1.165, 1.54) is 11.8 Å². The Morgan fingerprint density at radius 1 is 1.61 bits per heavy atom. The van der Waals surface area contributed by atoms with E-state index in [-0.39, 0.29) is 0 Å². The maximum atomic E-state index is 11.9. The Morgan fingerprint density at radius 3 is 2.78 bits per heavy atom. The molecule has 1 atom stereocenters. The summed E-state index contributed by atoms with van der Waals surface area (Å²) in [6, 6.07) is 1.72. The Hall–Kier alpha value is -1.18. The number of amides is 1. The van der Waals surface area contributed by atoms with Crippen molar-refractivity contribution in [3.8, 4) is 0 Å². The number of hydrogen-bond donors (Lipinski definition) is 1. The lowest BCUT2D eigenvalue weighted by atomic mass is 10.4. The maximum absolute atomic E-state index is 11.9. The number of nitrogens with one attached hydrogen (secondary N) is 1. The van der Waals surface area contributed by atoms with Gasteiger partial charge in [0.05, 0.1) is 10.9 Å². The number of alkyl halides is 3. The molecule has 18 heavy (non-hydrogen) atoms. The molecule has 1 heterocycles. The van der Waals surface area contributed by atoms with E-state index in [0.717, 1.165) is 0 Å². The molecule has 4 nitrogen and oxygen atoms in total. The van der Waals surface area contributed by atoms with E-state index < -0.39 is 23.9 Å². The number of rotatable bonds is 5. The maximum Gasteiger partial charge on any atom is 0.405 e. The molecule has 1 rings (SSSR count). The van der Waals surface area contributed by atoms with Crippen molar-refractivity contribution < 1.29 is 22.5 Å². The van der Waals surface area contributed by atoms with Crippen molar-refractivity contribution in [2.45, 2.75) is 31.0 Å². The van der Waals surface area contributed by atoms with Crippen molar-refractivity contribution in [3.05, 3.63) is 17.5 Å². The van der Waals surface area contributed by atoms with Crippen molar-refractivity contribution in [3.63, 3.8) is 0 Å². The van der Waals surface area contributed by atoms with Crippen molar-refractivity contribution in [2.75, 3.05) is 6.54 Å². The predicted molar refractivity (Wildman–Crippen MR) is 61.1 cm³/mol. The van der Waals surface area contributed by atoms with E-state index in [9.17, 15) is 18.0 Å². The third-order valence-corrected chi connectivity index (χ3v) is 3.17. The molecule has 0 radical (unpaired) electrons. The van der Waals surface area contributed by atoms with Gasteiger partial charge in [-0.1, -0.05) is 5.16 Å². The van der Waals surface area contributed by atoms with Gasteiger partial charge in [0.2, 0.25) is 5.91 Å². The molecule has 1 N–H and O–H groups in total. The van der Waals surface area contributed by atoms with E-state index in [1.807, 2.05) is 5.32 Å². The fourth-order valence-electron chi connectivity index (χ4n) is 1.10. The fourth-order valence-corrected chi connectivity index (χ4v) is 1.89. The number of carbonyl (C=O) groups is 1. The second-order valence-corrected chi connectivity index (χ2v) is 5.04. The Kier molecular flexibility index (Phi) is 5.06. The Bertz CT molecular complexity index is 406. The van der Waals surface area contributed by atoms with Crippen LogP contribution in [0.3, 0.4) is 0 Å². The molecule has 1 unspecified atom stereocenters. The van der Waals surface area contributed by atoms with Crippen LogP contribution in [0.4, 0.5) is 13.2 Å². The fraction of sp³-hybridized carbons (Fsp3) is 0.600. The molecule has 0 fully saturated rings. The quantitative estimate of drug-likeness (QED) is 0.900. The van der Waals surface area contributed by atoms with Crippen molar-refractivity contribution in [1.29, 1.82) is 0 Å². The van der Waals surface area contributed by atoms with Crippen LogP contribution < -0.4 is 5.32 Å². The van der Waals surface area contributed by atoms with Crippen LogP contribution in [0.15, 0.2) is 10.6 Å². The monoisotopic (exact) mass is 282 g/mol. The highest BCUT2D eigenvalue weighted by Gasteiger charge is 2.28. The minimum absolute atomic E-state index is 0.415. The minimum Gasteiger partial charge on any atom is -0.361 e. The number of halogens is 3. The number of hydrogen-bond acceptors (Lipinski definition) is 4. The average Bonchev–Trinajstić information content (AvgIpc) is 2.67. The highest BCUT2D eigenvalue weighted by molar-refractivity contribution is 7.99. The first kappa shape index (κ1) is 14.9. The molecule has 1 aromatic heterocycles. The number of carbonyl (C=O) groups excluding carboxylic acids is 1. The van der Waals surface area contributed by atoms with Crippen LogP contribution in [0.5, 0.6) is 0 Å². The van der Waals surface area contributed by atoms with Gasteiger partial charge in [-0.15, -0.1) is 11.8 Å². The van der Waals surface area contributed by atoms with Crippen LogP contribution in [-0.2, 0) is 10.5 Å². The zero-order chi connectivity index (χ0) is 13.8. The van der Waals surface area contributed by atoms with Gasteiger partial charge in [0, 0.05) is 11.8 Å². The molecule has 0 saturated carbocycles. The van der Waals surface area contributed by atoms with Crippen LogP contribution in [0.2, 0.25) is 0 Å². The van der Waals surface area contributed by atoms with E-state index in [2.05, 4.69) is 5.16 Å². The Balaban J connectivity index is 2.32. The van der Waals surface area contributed by atoms with E-state index >= 15 is 0 Å². The highest BCUT2D eigenvalue weighted by Crippen LogP contribution is 2.18. The molecule has 0 aliphatic rings. The topological polar surface area (TPSA) is 55.1 Å². The van der Waals surface area contributed by atoms with Crippen molar-refractivity contribution in [1.82, 2.24) is 10.5 Å². The third-order valence-electron chi connectivity index (χ3n) is 1.99. The molecular formula is C10H13F3N2O2S. The molecule has 0 saturated heterocycles. The third kappa shape index (κ3) is 5.44. The van der Waals surface area contributed by atoms with Gasteiger partial charge in [0.25, 0.3) is 0 Å². The van der Waals surface area contributed by atoms with Gasteiger partial charge < -0.3 is 9.84 Å². The van der Waals surface area contributed by atoms with Gasteiger partial charge in [-0.2, -0.15) is 13.2 Å². The summed E-state index contributed by atoms with van der Waals surface area (Å²) in [7, 11) is 0. The molecule has 0 bridgehead atoms. The molecule has 1 amide bonds. The molecule has 0 aromatic carbocycles. The lowest BCUT2D eigenvalue weighted by Gasteiger charge is -2.12. The van der Waals surface area contributed by atoms with Gasteiger partial charge >= 0.3 is 6.18 Å². The molecule has 8 heteroatoms. The Labute approximate surface area is 106 Å². The van der Waals surface area contributed by atoms with E-state index in [4.69, 9.17) is 4.52 Å². The van der Waals surface area contributed by atoms with Crippen LogP contribution >= 0.6 is 11.8 Å². The summed E-state index contributed by atoms with van der Waals surface area (Å²) in [6.45, 7) is 1.98. The second-order valence-electron chi connectivity index (χ2n) is 3.72. The summed E-state index contributed by atoms with van der Waals surface area (Å²) in [4.78, 5) is 11.3. The Morgan fingerprint density at radius 2 is 2.28 bits per heavy atom. The number of nitrogens with zero attached hydrogens (tertiary/aromatic N) is 1. The standard InChI is InChI=1S/C10H13F3N2O2S/c1-6-3-8(15-17-6)4-18-7(2)9(16)14-5-10(11,12)13/h3,7H,4-5H2,1-2H3,(H,14,16). The van der Waals surface area contributed by atoms with Crippen LogP contribution in [0.1, 0.15) is 18.4 Å². The van der Waals surface area contributed by atoms with Crippen LogP contribution in [-0.4, -0.2) is 29.0 Å². The first-order valence-corrected chi connectivity index (χ1v) is 6.21. The van der Waals surface area contributed by atoms with Gasteiger partial charge in [-0.3, -0.25) is 4.79 Å². The molecule has 102 valence electrons. The number of aromatic nitrogens is 1. The lowest BCUT2D eigenvalue weighted by molar-refractivity contribution is -0.137. The van der Waals surface area contributed by atoms with E-state index in [1.54, 1.807) is 19.9 Å². The minimum atomic E-state index is -4.39. The number of thioether (sulfide) groups is 1. The molecule has 1 aromatic rings. The normalized spacial score (nSPS) is 13.4. The summed E-state index contributed by atoms with van der Waals surface area (Å²) < 4.78 is 40.5. The van der Waals surface area contributed by atoms with Crippen molar-refractivity contribution >= 4 is 17.7 Å². The molecule has 0 aliphatic carbocycles. The second kappa shape index (κ2) is 6.12. The highest BCUT2D eigenvalue weighted by atomic mass is 32.2. The molecule has 0 aliphatic heterocycles. The van der Waals surface area contributed by atoms with Gasteiger partial charge in [-0.25, -0.2) is 0 Å². The summed E-state index contributed by atoms with van der Waals surface area (Å²) in [5, 5.41) is 4.98. The summed E-state index contributed by atoms with van der Waals surface area (Å²) in [6.07, 6.45) is -4.39. The predicted octanol–water partition coefficient (Wildman–Crippen LogP) is 2.28. The van der Waals surface area contributed by atoms with Gasteiger partial charge in [0.15, 0.2) is 0 Å². The zero-order valence-electron chi connectivity index (χ0n) is 9.87. The van der Waals surface area contributed by atoms with E-state index in [0.29, 0.717) is 17.2 Å². The summed E-state index contributed by atoms with van der Waals surface area (Å²) >= 11 is 1.20. The largest absolute Gasteiger partial charge is 0.405 e. The zero-order valence-corrected chi connectivity index (χ0v) is 10.7. The lowest BCUT2D eigenvalue weighted by Crippen LogP contribution is -2.38. The van der Waals surface area contributed by atoms with Gasteiger partial charge in [0.1, 0.15) is 12.3 Å². The SMILES string of the molecule is Cc1cc(CSC(C)C(=O)NCC(F)(F)F)no1. The van der Waals surface area contributed by atoms with Crippen LogP contribution in [0, 0.1) is 6.92 Å². The van der Waals surface area contributed by atoms with Crippen molar-refractivity contribution in [2.24, 2.45) is 0 Å². The summed E-state index contributed by atoms with van der Waals surface area (Å²) in [5.41, 5.74) is 0.660.